The first-order valence-electron chi connectivity index (χ1n) is 6.28. The standard InChI is InChI=1S/C15H16N2O2S/c1-3-11-8-10(15(18)19)9-14(16-11)17-12-6-4-5-7-13(12)20-2/h4-9H,3H2,1-2H3,(H,16,17)(H,18,19). The average molecular weight is 288 g/mol. The van der Waals surface area contributed by atoms with Gasteiger partial charge in [0, 0.05) is 10.6 Å². The van der Waals surface area contributed by atoms with Crippen molar-refractivity contribution in [3.8, 4) is 0 Å². The highest BCUT2D eigenvalue weighted by Gasteiger charge is 2.09. The molecule has 0 saturated heterocycles. The summed E-state index contributed by atoms with van der Waals surface area (Å²) in [5, 5.41) is 12.3. The number of para-hydroxylation sites is 1. The first-order valence-corrected chi connectivity index (χ1v) is 7.50. The second kappa shape index (κ2) is 6.43. The van der Waals surface area contributed by atoms with Crippen LogP contribution in [-0.2, 0) is 6.42 Å². The summed E-state index contributed by atoms with van der Waals surface area (Å²) in [6.45, 7) is 1.95. The Morgan fingerprint density at radius 2 is 2.10 bits per heavy atom. The molecule has 1 aromatic carbocycles. The van der Waals surface area contributed by atoms with Crippen molar-refractivity contribution in [1.82, 2.24) is 4.98 Å². The number of nitrogens with zero attached hydrogens (tertiary/aromatic N) is 1. The number of aromatic carboxylic acids is 1. The van der Waals surface area contributed by atoms with Crippen LogP contribution in [0.3, 0.4) is 0 Å². The third kappa shape index (κ3) is 3.30. The highest BCUT2D eigenvalue weighted by Crippen LogP contribution is 2.27. The normalized spacial score (nSPS) is 10.3. The van der Waals surface area contributed by atoms with Gasteiger partial charge in [-0.2, -0.15) is 0 Å². The molecule has 0 aliphatic carbocycles. The lowest BCUT2D eigenvalue weighted by Gasteiger charge is -2.11. The Kier molecular flexibility index (Phi) is 4.63. The lowest BCUT2D eigenvalue weighted by Crippen LogP contribution is -2.03. The van der Waals surface area contributed by atoms with E-state index in [1.165, 1.54) is 0 Å². The van der Waals surface area contributed by atoms with Crippen molar-refractivity contribution < 1.29 is 9.90 Å². The number of aromatic nitrogens is 1. The molecule has 0 aliphatic rings. The molecule has 0 atom stereocenters. The Morgan fingerprint density at radius 1 is 1.35 bits per heavy atom. The first-order chi connectivity index (χ1) is 9.63. The molecule has 2 N–H and O–H groups in total. The van der Waals surface area contributed by atoms with Gasteiger partial charge in [0.1, 0.15) is 5.82 Å². The van der Waals surface area contributed by atoms with Crippen LogP contribution >= 0.6 is 11.8 Å². The Bertz CT molecular complexity index is 629. The van der Waals surface area contributed by atoms with Crippen molar-refractivity contribution in [3.05, 3.63) is 47.7 Å². The summed E-state index contributed by atoms with van der Waals surface area (Å²) in [6, 6.07) is 11.0. The topological polar surface area (TPSA) is 62.2 Å². The number of anilines is 2. The van der Waals surface area contributed by atoms with Gasteiger partial charge in [0.05, 0.1) is 11.3 Å². The number of carboxylic acid groups (broad SMARTS) is 1. The molecule has 2 rings (SSSR count). The molecule has 1 aromatic heterocycles. The summed E-state index contributed by atoms with van der Waals surface area (Å²) >= 11 is 1.63. The van der Waals surface area contributed by atoms with Crippen LogP contribution < -0.4 is 5.32 Å². The van der Waals surface area contributed by atoms with Gasteiger partial charge in [-0.1, -0.05) is 19.1 Å². The molecule has 1 heterocycles. The van der Waals surface area contributed by atoms with Crippen LogP contribution in [0.1, 0.15) is 23.0 Å². The van der Waals surface area contributed by atoms with Gasteiger partial charge in [-0.3, -0.25) is 0 Å². The number of nitrogens with one attached hydrogen (secondary N) is 1. The number of carboxylic acids is 1. The SMILES string of the molecule is CCc1cc(C(=O)O)cc(Nc2ccccc2SC)n1. The number of hydrogen-bond donors (Lipinski definition) is 2. The summed E-state index contributed by atoms with van der Waals surface area (Å²) < 4.78 is 0. The Morgan fingerprint density at radius 3 is 2.75 bits per heavy atom. The van der Waals surface area contributed by atoms with Crippen LogP contribution in [0.5, 0.6) is 0 Å². The maximum absolute atomic E-state index is 11.1. The molecule has 104 valence electrons. The minimum atomic E-state index is -0.941. The van der Waals surface area contributed by atoms with E-state index in [9.17, 15) is 4.79 Å². The molecule has 0 bridgehead atoms. The predicted octanol–water partition coefficient (Wildman–Crippen LogP) is 3.81. The fourth-order valence-corrected chi connectivity index (χ4v) is 2.40. The quantitative estimate of drug-likeness (QED) is 0.819. The number of hydrogen-bond acceptors (Lipinski definition) is 4. The number of carbonyl (C=O) groups is 1. The van der Waals surface area contributed by atoms with E-state index in [1.54, 1.807) is 23.9 Å². The van der Waals surface area contributed by atoms with Gasteiger partial charge in [-0.25, -0.2) is 9.78 Å². The van der Waals surface area contributed by atoms with E-state index < -0.39 is 5.97 Å². The van der Waals surface area contributed by atoms with Crippen molar-refractivity contribution >= 4 is 29.2 Å². The highest BCUT2D eigenvalue weighted by atomic mass is 32.2. The highest BCUT2D eigenvalue weighted by molar-refractivity contribution is 7.98. The van der Waals surface area contributed by atoms with Crippen LogP contribution in [0.15, 0.2) is 41.3 Å². The lowest BCUT2D eigenvalue weighted by molar-refractivity contribution is 0.0696. The van der Waals surface area contributed by atoms with Gasteiger partial charge in [-0.15, -0.1) is 11.8 Å². The van der Waals surface area contributed by atoms with Gasteiger partial charge < -0.3 is 10.4 Å². The molecular formula is C15H16N2O2S. The molecule has 0 saturated carbocycles. The second-order valence-corrected chi connectivity index (χ2v) is 5.06. The van der Waals surface area contributed by atoms with Crippen molar-refractivity contribution in [2.24, 2.45) is 0 Å². The number of rotatable bonds is 5. The minimum Gasteiger partial charge on any atom is -0.478 e. The minimum absolute atomic E-state index is 0.251. The maximum atomic E-state index is 11.1. The van der Waals surface area contributed by atoms with Crippen LogP contribution in [0.25, 0.3) is 0 Å². The number of benzene rings is 1. The molecule has 0 amide bonds. The van der Waals surface area contributed by atoms with Gasteiger partial charge in [0.15, 0.2) is 0 Å². The summed E-state index contributed by atoms with van der Waals surface area (Å²) in [6.07, 6.45) is 2.69. The molecule has 0 radical (unpaired) electrons. The van der Waals surface area contributed by atoms with E-state index in [2.05, 4.69) is 10.3 Å². The monoisotopic (exact) mass is 288 g/mol. The van der Waals surface area contributed by atoms with Crippen molar-refractivity contribution in [2.75, 3.05) is 11.6 Å². The van der Waals surface area contributed by atoms with E-state index in [-0.39, 0.29) is 5.56 Å². The van der Waals surface area contributed by atoms with Crippen molar-refractivity contribution in [3.63, 3.8) is 0 Å². The van der Waals surface area contributed by atoms with E-state index >= 15 is 0 Å². The average Bonchev–Trinajstić information content (AvgIpc) is 2.47. The lowest BCUT2D eigenvalue weighted by atomic mass is 10.2. The van der Waals surface area contributed by atoms with Gasteiger partial charge in [0.2, 0.25) is 0 Å². The zero-order valence-corrected chi connectivity index (χ0v) is 12.2. The maximum Gasteiger partial charge on any atom is 0.335 e. The zero-order chi connectivity index (χ0) is 14.5. The summed E-state index contributed by atoms with van der Waals surface area (Å²) in [5.74, 6) is -0.383. The van der Waals surface area contributed by atoms with Crippen LogP contribution in [0.2, 0.25) is 0 Å². The van der Waals surface area contributed by atoms with E-state index in [4.69, 9.17) is 5.11 Å². The van der Waals surface area contributed by atoms with Crippen LogP contribution in [-0.4, -0.2) is 22.3 Å². The first kappa shape index (κ1) is 14.4. The van der Waals surface area contributed by atoms with E-state index in [0.29, 0.717) is 12.2 Å². The van der Waals surface area contributed by atoms with Crippen molar-refractivity contribution in [1.29, 1.82) is 0 Å². The molecule has 5 heteroatoms. The fraction of sp³-hybridized carbons (Fsp3) is 0.200. The van der Waals surface area contributed by atoms with Crippen molar-refractivity contribution in [2.45, 2.75) is 18.2 Å². The van der Waals surface area contributed by atoms with Crippen LogP contribution in [0, 0.1) is 0 Å². The van der Waals surface area contributed by atoms with E-state index in [0.717, 1.165) is 16.3 Å². The van der Waals surface area contributed by atoms with Gasteiger partial charge >= 0.3 is 5.97 Å². The molecule has 20 heavy (non-hydrogen) atoms. The fourth-order valence-electron chi connectivity index (χ4n) is 1.84. The molecule has 0 unspecified atom stereocenters. The van der Waals surface area contributed by atoms with Crippen LogP contribution in [0.4, 0.5) is 11.5 Å². The zero-order valence-electron chi connectivity index (χ0n) is 11.4. The third-order valence-electron chi connectivity index (χ3n) is 2.86. The molecule has 0 fully saturated rings. The van der Waals surface area contributed by atoms with Gasteiger partial charge in [-0.05, 0) is 36.9 Å². The Hall–Kier alpha value is -2.01. The molecular weight excluding hydrogens is 272 g/mol. The molecule has 4 nitrogen and oxygen atoms in total. The smallest absolute Gasteiger partial charge is 0.335 e. The van der Waals surface area contributed by atoms with Gasteiger partial charge in [0.25, 0.3) is 0 Å². The second-order valence-electron chi connectivity index (χ2n) is 4.22. The summed E-state index contributed by atoms with van der Waals surface area (Å²) in [4.78, 5) is 16.6. The summed E-state index contributed by atoms with van der Waals surface area (Å²) in [7, 11) is 0. The number of aryl methyl sites for hydroxylation is 1. The largest absolute Gasteiger partial charge is 0.478 e. The summed E-state index contributed by atoms with van der Waals surface area (Å²) in [5.41, 5.74) is 1.94. The number of thioether (sulfide) groups is 1. The molecule has 0 spiro atoms. The molecule has 2 aromatic rings. The Labute approximate surface area is 122 Å². The number of pyridine rings is 1. The Balaban J connectivity index is 2.37. The molecule has 0 aliphatic heterocycles. The third-order valence-corrected chi connectivity index (χ3v) is 3.65. The predicted molar refractivity (Wildman–Crippen MR) is 82.1 cm³/mol. The van der Waals surface area contributed by atoms with E-state index in [1.807, 2.05) is 37.4 Å².